The molecular formula is C12H14F3N3O2. The Labute approximate surface area is 113 Å². The van der Waals surface area contributed by atoms with Gasteiger partial charge in [-0.3, -0.25) is 10.1 Å². The Balaban J connectivity index is 2.25. The lowest BCUT2D eigenvalue weighted by molar-refractivity contribution is -0.384. The molecule has 0 bridgehead atoms. The second-order valence-corrected chi connectivity index (χ2v) is 5.05. The van der Waals surface area contributed by atoms with E-state index in [1.807, 2.05) is 6.92 Å². The van der Waals surface area contributed by atoms with E-state index in [4.69, 9.17) is 0 Å². The molecule has 1 aromatic heterocycles. The summed E-state index contributed by atoms with van der Waals surface area (Å²) in [7, 11) is 0. The summed E-state index contributed by atoms with van der Waals surface area (Å²) in [5, 5.41) is 13.6. The van der Waals surface area contributed by atoms with Gasteiger partial charge in [-0.05, 0) is 30.7 Å². The van der Waals surface area contributed by atoms with Crippen LogP contribution in [0, 0.1) is 15.5 Å². The number of nitrogens with zero attached hydrogens (tertiary/aromatic N) is 2. The summed E-state index contributed by atoms with van der Waals surface area (Å²) in [5.74, 6) is 0. The third-order valence-corrected chi connectivity index (χ3v) is 3.73. The van der Waals surface area contributed by atoms with Gasteiger partial charge in [-0.15, -0.1) is 0 Å². The molecule has 1 aliphatic rings. The van der Waals surface area contributed by atoms with Crippen LogP contribution < -0.4 is 5.32 Å². The second kappa shape index (κ2) is 4.92. The highest BCUT2D eigenvalue weighted by molar-refractivity contribution is 5.61. The minimum Gasteiger partial charge on any atom is -0.379 e. The highest BCUT2D eigenvalue weighted by Crippen LogP contribution is 2.48. The summed E-state index contributed by atoms with van der Waals surface area (Å²) < 4.78 is 37.8. The Morgan fingerprint density at radius 2 is 2.15 bits per heavy atom. The van der Waals surface area contributed by atoms with Crippen molar-refractivity contribution in [1.29, 1.82) is 0 Å². The maximum atomic E-state index is 12.6. The molecule has 5 nitrogen and oxygen atoms in total. The minimum absolute atomic E-state index is 0.0650. The Kier molecular flexibility index (Phi) is 3.58. The number of hydrogen-bond donors (Lipinski definition) is 1. The number of nitro groups is 1. The molecule has 1 heterocycles. The van der Waals surface area contributed by atoms with E-state index in [9.17, 15) is 23.3 Å². The lowest BCUT2D eigenvalue weighted by atomic mass is 10.0. The summed E-state index contributed by atoms with van der Waals surface area (Å²) in [6, 6.07) is 0.698. The van der Waals surface area contributed by atoms with Gasteiger partial charge >= 0.3 is 11.9 Å². The molecular weight excluding hydrogens is 275 g/mol. The molecule has 1 fully saturated rings. The fourth-order valence-electron chi connectivity index (χ4n) is 2.01. The molecule has 0 aliphatic heterocycles. The predicted octanol–water partition coefficient (Wildman–Crippen LogP) is 3.61. The van der Waals surface area contributed by atoms with Crippen LogP contribution in [0.2, 0.25) is 0 Å². The van der Waals surface area contributed by atoms with E-state index in [-0.39, 0.29) is 11.1 Å². The average Bonchev–Trinajstić information content (AvgIpc) is 3.15. The molecule has 1 aliphatic carbocycles. The first kappa shape index (κ1) is 14.5. The number of halogens is 3. The summed E-state index contributed by atoms with van der Waals surface area (Å²) in [5.41, 5.74) is -1.64. The van der Waals surface area contributed by atoms with Crippen molar-refractivity contribution in [2.24, 2.45) is 5.41 Å². The molecule has 0 saturated heterocycles. The van der Waals surface area contributed by atoms with Gasteiger partial charge in [0.05, 0.1) is 4.92 Å². The normalized spacial score (nSPS) is 16.8. The molecule has 1 saturated carbocycles. The van der Waals surface area contributed by atoms with Crippen LogP contribution in [-0.4, -0.2) is 16.5 Å². The number of pyridine rings is 1. The molecule has 2 rings (SSSR count). The van der Waals surface area contributed by atoms with Crippen LogP contribution in [0.25, 0.3) is 0 Å². The first-order chi connectivity index (χ1) is 9.27. The highest BCUT2D eigenvalue weighted by Gasteiger charge is 2.41. The first-order valence-electron chi connectivity index (χ1n) is 6.23. The van der Waals surface area contributed by atoms with Gasteiger partial charge in [-0.25, -0.2) is 4.98 Å². The molecule has 0 atom stereocenters. The summed E-state index contributed by atoms with van der Waals surface area (Å²) >= 11 is 0. The van der Waals surface area contributed by atoms with Crippen LogP contribution in [0.15, 0.2) is 12.3 Å². The Hall–Kier alpha value is -1.86. The third kappa shape index (κ3) is 3.00. The van der Waals surface area contributed by atoms with Crippen molar-refractivity contribution in [2.75, 3.05) is 11.9 Å². The zero-order valence-electron chi connectivity index (χ0n) is 10.8. The molecule has 0 spiro atoms. The van der Waals surface area contributed by atoms with Crippen LogP contribution in [0.4, 0.5) is 24.5 Å². The predicted molar refractivity (Wildman–Crippen MR) is 66.3 cm³/mol. The van der Waals surface area contributed by atoms with Crippen molar-refractivity contribution in [3.8, 4) is 0 Å². The minimum atomic E-state index is -4.62. The first-order valence-corrected chi connectivity index (χ1v) is 6.23. The number of alkyl halides is 3. The fourth-order valence-corrected chi connectivity index (χ4v) is 2.01. The maximum absolute atomic E-state index is 12.6. The quantitative estimate of drug-likeness (QED) is 0.664. The standard InChI is InChI=1S/C12H14F3N3O2/c1-2-11(3-4-11)7-17-8-5-10(12(13,14)15)16-6-9(8)18(19)20/h5-6H,2-4,7H2,1H3,(H,16,17). The van der Waals surface area contributed by atoms with Gasteiger partial charge in [0.1, 0.15) is 17.6 Å². The molecule has 0 amide bonds. The van der Waals surface area contributed by atoms with Crippen molar-refractivity contribution >= 4 is 11.4 Å². The zero-order chi connectivity index (χ0) is 15.0. The molecule has 0 unspecified atom stereocenters. The van der Waals surface area contributed by atoms with Crippen LogP contribution in [0.1, 0.15) is 31.9 Å². The summed E-state index contributed by atoms with van der Waals surface area (Å²) in [4.78, 5) is 13.2. The summed E-state index contributed by atoms with van der Waals surface area (Å²) in [6.45, 7) is 2.43. The smallest absolute Gasteiger partial charge is 0.379 e. The van der Waals surface area contributed by atoms with Crippen molar-refractivity contribution in [3.05, 3.63) is 28.1 Å². The van der Waals surface area contributed by atoms with Gasteiger partial charge in [-0.1, -0.05) is 6.92 Å². The van der Waals surface area contributed by atoms with E-state index in [2.05, 4.69) is 10.3 Å². The number of nitrogens with one attached hydrogen (secondary N) is 1. The Morgan fingerprint density at radius 1 is 1.50 bits per heavy atom. The number of hydrogen-bond acceptors (Lipinski definition) is 4. The van der Waals surface area contributed by atoms with Crippen LogP contribution in [0.3, 0.4) is 0 Å². The lowest BCUT2D eigenvalue weighted by Gasteiger charge is -2.15. The molecule has 8 heteroatoms. The molecule has 1 N–H and O–H groups in total. The van der Waals surface area contributed by atoms with Gasteiger partial charge in [0, 0.05) is 6.54 Å². The highest BCUT2D eigenvalue weighted by atomic mass is 19.4. The van der Waals surface area contributed by atoms with E-state index in [1.54, 1.807) is 0 Å². The number of anilines is 1. The third-order valence-electron chi connectivity index (χ3n) is 3.73. The van der Waals surface area contributed by atoms with E-state index in [1.165, 1.54) is 0 Å². The van der Waals surface area contributed by atoms with Gasteiger partial charge < -0.3 is 5.32 Å². The van der Waals surface area contributed by atoms with Gasteiger partial charge in [0.25, 0.3) is 0 Å². The molecule has 0 aromatic carbocycles. The van der Waals surface area contributed by atoms with E-state index in [0.717, 1.165) is 19.3 Å². The van der Waals surface area contributed by atoms with Crippen LogP contribution in [-0.2, 0) is 6.18 Å². The lowest BCUT2D eigenvalue weighted by Crippen LogP contribution is -2.16. The van der Waals surface area contributed by atoms with Crippen molar-refractivity contribution in [3.63, 3.8) is 0 Å². The molecule has 0 radical (unpaired) electrons. The van der Waals surface area contributed by atoms with Crippen molar-refractivity contribution < 1.29 is 18.1 Å². The number of rotatable bonds is 5. The molecule has 110 valence electrons. The van der Waals surface area contributed by atoms with Crippen LogP contribution >= 0.6 is 0 Å². The van der Waals surface area contributed by atoms with Crippen molar-refractivity contribution in [2.45, 2.75) is 32.4 Å². The molecule has 1 aromatic rings. The SMILES string of the molecule is CCC1(CNc2cc(C(F)(F)F)ncc2[N+](=O)[O-])CC1. The van der Waals surface area contributed by atoms with E-state index in [0.29, 0.717) is 18.8 Å². The topological polar surface area (TPSA) is 68.1 Å². The second-order valence-electron chi connectivity index (χ2n) is 5.05. The van der Waals surface area contributed by atoms with Gasteiger partial charge in [0.15, 0.2) is 0 Å². The number of aromatic nitrogens is 1. The summed E-state index contributed by atoms with van der Waals surface area (Å²) in [6.07, 6.45) is -1.10. The zero-order valence-corrected chi connectivity index (χ0v) is 10.8. The monoisotopic (exact) mass is 289 g/mol. The van der Waals surface area contributed by atoms with E-state index < -0.39 is 22.5 Å². The van der Waals surface area contributed by atoms with Crippen molar-refractivity contribution in [1.82, 2.24) is 4.98 Å². The fraction of sp³-hybridized carbons (Fsp3) is 0.583. The largest absolute Gasteiger partial charge is 0.433 e. The molecule has 20 heavy (non-hydrogen) atoms. The van der Waals surface area contributed by atoms with Gasteiger partial charge in [0.2, 0.25) is 0 Å². The Morgan fingerprint density at radius 3 is 2.60 bits per heavy atom. The Bertz CT molecular complexity index is 527. The average molecular weight is 289 g/mol. The van der Waals surface area contributed by atoms with E-state index >= 15 is 0 Å². The maximum Gasteiger partial charge on any atom is 0.433 e. The van der Waals surface area contributed by atoms with Crippen LogP contribution in [0.5, 0.6) is 0 Å². The van der Waals surface area contributed by atoms with Gasteiger partial charge in [-0.2, -0.15) is 13.2 Å².